The van der Waals surface area contributed by atoms with E-state index in [0.717, 1.165) is 23.9 Å². The normalized spacial score (nSPS) is 37.1. The van der Waals surface area contributed by atoms with Crippen LogP contribution in [0.2, 0.25) is 0 Å². The molecule has 108 valence electrons. The Morgan fingerprint density at radius 3 is 1.85 bits per heavy atom. The van der Waals surface area contributed by atoms with Crippen LogP contribution >= 0.6 is 0 Å². The van der Waals surface area contributed by atoms with Gasteiger partial charge in [0.2, 0.25) is 0 Å². The zero-order chi connectivity index (χ0) is 13.4. The molecule has 1 heterocycles. The third kappa shape index (κ3) is 2.16. The lowest BCUT2D eigenvalue weighted by Gasteiger charge is -2.55. The van der Waals surface area contributed by atoms with E-state index in [1.54, 1.807) is 0 Å². The van der Waals surface area contributed by atoms with E-state index in [2.05, 4.69) is 35.2 Å². The maximum Gasteiger partial charge on any atom is 0.0371 e. The molecule has 0 radical (unpaired) electrons. The summed E-state index contributed by atoms with van der Waals surface area (Å²) in [6, 6.07) is 13.0. The Morgan fingerprint density at radius 1 is 0.700 bits per heavy atom. The van der Waals surface area contributed by atoms with Crippen LogP contribution < -0.4 is 4.90 Å². The molecule has 4 rings (SSSR count). The molecule has 0 N–H and O–H groups in total. The number of para-hydroxylation sites is 1. The summed E-state index contributed by atoms with van der Waals surface area (Å²) in [6.07, 6.45) is 13.2. The van der Waals surface area contributed by atoms with Gasteiger partial charge in [0.05, 0.1) is 0 Å². The van der Waals surface area contributed by atoms with Crippen molar-refractivity contribution in [1.29, 1.82) is 0 Å². The summed E-state index contributed by atoms with van der Waals surface area (Å²) in [7, 11) is 0. The van der Waals surface area contributed by atoms with E-state index in [1.165, 1.54) is 63.5 Å². The molecule has 4 unspecified atom stereocenters. The van der Waals surface area contributed by atoms with Gasteiger partial charge in [-0.05, 0) is 56.1 Å². The van der Waals surface area contributed by atoms with Crippen molar-refractivity contribution in [3.63, 3.8) is 0 Å². The van der Waals surface area contributed by atoms with E-state index >= 15 is 0 Å². The SMILES string of the molecule is c1ccc(N2C3CCCCC3CC3CCCCC32)cc1. The highest BCUT2D eigenvalue weighted by Gasteiger charge is 2.44. The smallest absolute Gasteiger partial charge is 0.0371 e. The number of rotatable bonds is 1. The number of hydrogen-bond donors (Lipinski definition) is 0. The van der Waals surface area contributed by atoms with Gasteiger partial charge in [-0.1, -0.05) is 43.9 Å². The number of benzene rings is 1. The second-order valence-corrected chi connectivity index (χ2v) is 7.20. The van der Waals surface area contributed by atoms with Crippen molar-refractivity contribution in [2.24, 2.45) is 11.8 Å². The number of anilines is 1. The van der Waals surface area contributed by atoms with Gasteiger partial charge < -0.3 is 4.90 Å². The van der Waals surface area contributed by atoms with Gasteiger partial charge >= 0.3 is 0 Å². The summed E-state index contributed by atoms with van der Waals surface area (Å²) < 4.78 is 0. The van der Waals surface area contributed by atoms with Crippen molar-refractivity contribution in [2.75, 3.05) is 4.90 Å². The Kier molecular flexibility index (Phi) is 3.45. The van der Waals surface area contributed by atoms with E-state index in [9.17, 15) is 0 Å². The van der Waals surface area contributed by atoms with Crippen LogP contribution in [0.3, 0.4) is 0 Å². The van der Waals surface area contributed by atoms with Gasteiger partial charge in [-0.2, -0.15) is 0 Å². The fraction of sp³-hybridized carbons (Fsp3) is 0.684. The molecule has 0 spiro atoms. The van der Waals surface area contributed by atoms with Gasteiger partial charge in [0.15, 0.2) is 0 Å². The van der Waals surface area contributed by atoms with Crippen molar-refractivity contribution < 1.29 is 0 Å². The Balaban J connectivity index is 1.69. The monoisotopic (exact) mass is 269 g/mol. The summed E-state index contributed by atoms with van der Waals surface area (Å²) in [5.74, 6) is 1.95. The molecule has 0 aromatic heterocycles. The molecular weight excluding hydrogens is 242 g/mol. The van der Waals surface area contributed by atoms with Crippen LogP contribution in [0.5, 0.6) is 0 Å². The minimum absolute atomic E-state index is 0.838. The summed E-state index contributed by atoms with van der Waals surface area (Å²) in [6.45, 7) is 0. The summed E-state index contributed by atoms with van der Waals surface area (Å²) >= 11 is 0. The molecule has 3 aliphatic rings. The number of piperidine rings is 1. The van der Waals surface area contributed by atoms with Gasteiger partial charge in [-0.3, -0.25) is 0 Å². The molecule has 2 saturated carbocycles. The van der Waals surface area contributed by atoms with Crippen LogP contribution in [0.15, 0.2) is 30.3 Å². The van der Waals surface area contributed by atoms with Crippen molar-refractivity contribution in [3.8, 4) is 0 Å². The number of nitrogens with zero attached hydrogens (tertiary/aromatic N) is 1. The molecule has 0 amide bonds. The first-order valence-corrected chi connectivity index (χ1v) is 8.77. The van der Waals surface area contributed by atoms with Crippen LogP contribution in [0.25, 0.3) is 0 Å². The van der Waals surface area contributed by atoms with Gasteiger partial charge in [-0.25, -0.2) is 0 Å². The maximum atomic E-state index is 2.87. The topological polar surface area (TPSA) is 3.24 Å². The van der Waals surface area contributed by atoms with E-state index in [4.69, 9.17) is 0 Å². The summed E-state index contributed by atoms with van der Waals surface area (Å²) in [5, 5.41) is 0. The average molecular weight is 269 g/mol. The molecule has 3 fully saturated rings. The highest BCUT2D eigenvalue weighted by atomic mass is 15.2. The van der Waals surface area contributed by atoms with Crippen LogP contribution in [-0.4, -0.2) is 12.1 Å². The largest absolute Gasteiger partial charge is 0.365 e. The zero-order valence-corrected chi connectivity index (χ0v) is 12.5. The molecular formula is C19H27N. The molecule has 1 heteroatoms. The Hall–Kier alpha value is -0.980. The molecule has 1 saturated heterocycles. The minimum Gasteiger partial charge on any atom is -0.365 e. The Morgan fingerprint density at radius 2 is 1.25 bits per heavy atom. The van der Waals surface area contributed by atoms with Crippen molar-refractivity contribution in [1.82, 2.24) is 0 Å². The molecule has 2 aliphatic carbocycles. The average Bonchev–Trinajstić information content (AvgIpc) is 2.53. The first-order valence-electron chi connectivity index (χ1n) is 8.77. The van der Waals surface area contributed by atoms with Gasteiger partial charge in [-0.15, -0.1) is 0 Å². The minimum atomic E-state index is 0.838. The molecule has 1 aromatic rings. The first-order chi connectivity index (χ1) is 9.93. The van der Waals surface area contributed by atoms with Crippen molar-refractivity contribution >= 4 is 5.69 Å². The van der Waals surface area contributed by atoms with E-state index in [1.807, 2.05) is 0 Å². The molecule has 1 aliphatic heterocycles. The third-order valence-electron chi connectivity index (χ3n) is 6.11. The Labute approximate surface area is 123 Å². The van der Waals surface area contributed by atoms with E-state index < -0.39 is 0 Å². The predicted octanol–water partition coefficient (Wildman–Crippen LogP) is 5.01. The van der Waals surface area contributed by atoms with Crippen LogP contribution in [-0.2, 0) is 0 Å². The Bertz CT molecular complexity index is 418. The number of hydrogen-bond acceptors (Lipinski definition) is 1. The quantitative estimate of drug-likeness (QED) is 0.692. The van der Waals surface area contributed by atoms with Crippen LogP contribution in [0, 0.1) is 11.8 Å². The standard InChI is InChI=1S/C19H27N/c1-2-10-17(11-3-1)20-18-12-6-4-8-15(18)14-16-9-5-7-13-19(16)20/h1-3,10-11,15-16,18-19H,4-9,12-14H2. The van der Waals surface area contributed by atoms with Crippen LogP contribution in [0.4, 0.5) is 5.69 Å². The van der Waals surface area contributed by atoms with Gasteiger partial charge in [0, 0.05) is 17.8 Å². The molecule has 1 nitrogen and oxygen atoms in total. The molecule has 0 bridgehead atoms. The van der Waals surface area contributed by atoms with Gasteiger partial charge in [0.25, 0.3) is 0 Å². The lowest BCUT2D eigenvalue weighted by molar-refractivity contribution is 0.129. The third-order valence-corrected chi connectivity index (χ3v) is 6.11. The fourth-order valence-electron chi connectivity index (χ4n) is 5.28. The number of fused-ring (bicyclic) bond motifs is 2. The lowest BCUT2D eigenvalue weighted by Crippen LogP contribution is -2.57. The van der Waals surface area contributed by atoms with Crippen LogP contribution in [0.1, 0.15) is 57.8 Å². The van der Waals surface area contributed by atoms with E-state index in [-0.39, 0.29) is 0 Å². The van der Waals surface area contributed by atoms with Crippen molar-refractivity contribution in [2.45, 2.75) is 69.9 Å². The summed E-state index contributed by atoms with van der Waals surface area (Å²) in [4.78, 5) is 2.87. The van der Waals surface area contributed by atoms with Gasteiger partial charge in [0.1, 0.15) is 0 Å². The second kappa shape index (κ2) is 5.42. The maximum absolute atomic E-state index is 2.87. The summed E-state index contributed by atoms with van der Waals surface area (Å²) in [5.41, 5.74) is 1.50. The zero-order valence-electron chi connectivity index (χ0n) is 12.5. The van der Waals surface area contributed by atoms with Crippen molar-refractivity contribution in [3.05, 3.63) is 30.3 Å². The second-order valence-electron chi connectivity index (χ2n) is 7.20. The first kappa shape index (κ1) is 12.7. The lowest BCUT2D eigenvalue weighted by atomic mass is 9.68. The fourth-order valence-corrected chi connectivity index (χ4v) is 5.28. The molecule has 20 heavy (non-hydrogen) atoms. The molecule has 1 aromatic carbocycles. The predicted molar refractivity (Wildman–Crippen MR) is 85.0 cm³/mol. The highest BCUT2D eigenvalue weighted by Crippen LogP contribution is 2.46. The van der Waals surface area contributed by atoms with E-state index in [0.29, 0.717) is 0 Å². The molecule has 4 atom stereocenters. The highest BCUT2D eigenvalue weighted by molar-refractivity contribution is 5.49.